The van der Waals surface area contributed by atoms with E-state index in [0.29, 0.717) is 10.4 Å². The number of fused-ring (bicyclic) bond motifs is 2. The molecule has 3 aromatic rings. The van der Waals surface area contributed by atoms with Crippen molar-refractivity contribution in [1.29, 1.82) is 0 Å². The lowest BCUT2D eigenvalue weighted by Crippen LogP contribution is -2.18. The molecule has 146 valence electrons. The number of nitrogens with zero attached hydrogens (tertiary/aromatic N) is 3. The van der Waals surface area contributed by atoms with E-state index in [-0.39, 0.29) is 12.7 Å². The largest absolute Gasteiger partial charge is 0.454 e. The second kappa shape index (κ2) is 7.89. The van der Waals surface area contributed by atoms with Crippen LogP contribution in [-0.2, 0) is 6.54 Å². The molecule has 0 bridgehead atoms. The van der Waals surface area contributed by atoms with Crippen LogP contribution in [0.3, 0.4) is 0 Å². The Labute approximate surface area is 171 Å². The van der Waals surface area contributed by atoms with E-state index in [9.17, 15) is 4.79 Å². The minimum Gasteiger partial charge on any atom is -0.454 e. The van der Waals surface area contributed by atoms with Crippen molar-refractivity contribution in [3.8, 4) is 11.5 Å². The SMILES string of the molecule is CSCCn1c(=NC(=O)c2ccc(N(C)C)cc2)sc2cc3c(cc21)OCO3. The highest BCUT2D eigenvalue weighted by Crippen LogP contribution is 2.37. The number of amides is 1. The lowest BCUT2D eigenvalue weighted by Gasteiger charge is -2.11. The monoisotopic (exact) mass is 415 g/mol. The number of aryl methyl sites for hydroxylation is 1. The van der Waals surface area contributed by atoms with Crippen LogP contribution in [0.15, 0.2) is 41.4 Å². The van der Waals surface area contributed by atoms with Crippen molar-refractivity contribution in [1.82, 2.24) is 4.57 Å². The number of carbonyl (C=O) groups excluding carboxylic acids is 1. The van der Waals surface area contributed by atoms with Gasteiger partial charge in [-0.25, -0.2) is 0 Å². The smallest absolute Gasteiger partial charge is 0.279 e. The molecule has 1 amide bonds. The summed E-state index contributed by atoms with van der Waals surface area (Å²) in [7, 11) is 3.94. The first kappa shape index (κ1) is 18.9. The van der Waals surface area contributed by atoms with Crippen LogP contribution < -0.4 is 19.2 Å². The summed E-state index contributed by atoms with van der Waals surface area (Å²) >= 11 is 3.25. The molecule has 0 fully saturated rings. The molecule has 2 aromatic carbocycles. The van der Waals surface area contributed by atoms with Gasteiger partial charge < -0.3 is 18.9 Å². The van der Waals surface area contributed by atoms with Gasteiger partial charge in [-0.15, -0.1) is 0 Å². The third-order valence-electron chi connectivity index (χ3n) is 4.52. The number of benzene rings is 2. The molecule has 0 radical (unpaired) electrons. The van der Waals surface area contributed by atoms with E-state index in [0.717, 1.165) is 39.7 Å². The summed E-state index contributed by atoms with van der Waals surface area (Å²) in [5.41, 5.74) is 2.63. The molecule has 1 aliphatic heterocycles. The van der Waals surface area contributed by atoms with Crippen molar-refractivity contribution in [3.63, 3.8) is 0 Å². The highest BCUT2D eigenvalue weighted by atomic mass is 32.2. The zero-order valence-corrected chi connectivity index (χ0v) is 17.6. The van der Waals surface area contributed by atoms with E-state index in [1.807, 2.05) is 55.4 Å². The number of ether oxygens (including phenoxy) is 2. The first-order valence-electron chi connectivity index (χ1n) is 8.85. The van der Waals surface area contributed by atoms with E-state index in [1.165, 1.54) is 11.3 Å². The number of anilines is 1. The summed E-state index contributed by atoms with van der Waals surface area (Å²) in [4.78, 5) is 19.9. The summed E-state index contributed by atoms with van der Waals surface area (Å²) < 4.78 is 14.1. The van der Waals surface area contributed by atoms with Gasteiger partial charge in [-0.1, -0.05) is 11.3 Å². The molecule has 4 rings (SSSR count). The molecule has 0 unspecified atom stereocenters. The van der Waals surface area contributed by atoms with Crippen LogP contribution >= 0.6 is 23.1 Å². The Kier molecular flexibility index (Phi) is 5.32. The number of carbonyl (C=O) groups is 1. The molecule has 8 heteroatoms. The van der Waals surface area contributed by atoms with Crippen LogP contribution in [0.5, 0.6) is 11.5 Å². The molecule has 1 aliphatic rings. The third-order valence-corrected chi connectivity index (χ3v) is 6.16. The molecular weight excluding hydrogens is 394 g/mol. The Morgan fingerprint density at radius 1 is 1.21 bits per heavy atom. The topological polar surface area (TPSA) is 56.1 Å². The van der Waals surface area contributed by atoms with Crippen molar-refractivity contribution in [2.24, 2.45) is 4.99 Å². The molecule has 1 aromatic heterocycles. The predicted molar refractivity (Wildman–Crippen MR) is 115 cm³/mol. The Bertz CT molecular complexity index is 1080. The van der Waals surface area contributed by atoms with Gasteiger partial charge in [0.15, 0.2) is 16.3 Å². The zero-order chi connectivity index (χ0) is 19.7. The lowest BCUT2D eigenvalue weighted by atomic mass is 10.2. The molecule has 6 nitrogen and oxygen atoms in total. The van der Waals surface area contributed by atoms with Crippen LogP contribution in [0.2, 0.25) is 0 Å². The maximum Gasteiger partial charge on any atom is 0.279 e. The number of hydrogen-bond donors (Lipinski definition) is 0. The Hall–Kier alpha value is -2.45. The van der Waals surface area contributed by atoms with Gasteiger partial charge in [0.1, 0.15) is 0 Å². The fourth-order valence-electron chi connectivity index (χ4n) is 3.00. The second-order valence-corrected chi connectivity index (χ2v) is 8.56. The minimum atomic E-state index is -0.241. The Morgan fingerprint density at radius 3 is 2.61 bits per heavy atom. The molecular formula is C20H21N3O3S2. The molecule has 28 heavy (non-hydrogen) atoms. The predicted octanol–water partition coefficient (Wildman–Crippen LogP) is 3.60. The Balaban J connectivity index is 1.76. The summed E-state index contributed by atoms with van der Waals surface area (Å²) in [5, 5.41) is 0. The summed E-state index contributed by atoms with van der Waals surface area (Å²) in [6.07, 6.45) is 2.07. The molecule has 0 spiro atoms. The van der Waals surface area contributed by atoms with Gasteiger partial charge >= 0.3 is 0 Å². The maximum absolute atomic E-state index is 12.8. The average Bonchev–Trinajstić information content (AvgIpc) is 3.28. The van der Waals surface area contributed by atoms with Crippen LogP contribution in [0.25, 0.3) is 10.2 Å². The van der Waals surface area contributed by atoms with Crippen molar-refractivity contribution in [2.45, 2.75) is 6.54 Å². The van der Waals surface area contributed by atoms with Crippen LogP contribution in [0, 0.1) is 0 Å². The standard InChI is InChI=1S/C20H21N3O3S2/c1-22(2)14-6-4-13(5-7-14)19(24)21-20-23(8-9-27-3)15-10-16-17(26-12-25-16)11-18(15)28-20/h4-7,10-11H,8-9,12H2,1-3H3. The fraction of sp³-hybridized carbons (Fsp3) is 0.300. The minimum absolute atomic E-state index is 0.241. The van der Waals surface area contributed by atoms with Gasteiger partial charge in [0.05, 0.1) is 10.2 Å². The van der Waals surface area contributed by atoms with E-state index >= 15 is 0 Å². The maximum atomic E-state index is 12.8. The number of aromatic nitrogens is 1. The number of thioether (sulfide) groups is 1. The van der Waals surface area contributed by atoms with Crippen LogP contribution in [-0.4, -0.2) is 43.4 Å². The summed E-state index contributed by atoms with van der Waals surface area (Å²) in [6, 6.07) is 11.4. The molecule has 0 aliphatic carbocycles. The zero-order valence-electron chi connectivity index (χ0n) is 16.0. The first-order valence-corrected chi connectivity index (χ1v) is 11.1. The molecule has 2 heterocycles. The van der Waals surface area contributed by atoms with E-state index in [4.69, 9.17) is 9.47 Å². The van der Waals surface area contributed by atoms with E-state index < -0.39 is 0 Å². The first-order chi connectivity index (χ1) is 13.6. The van der Waals surface area contributed by atoms with Crippen LogP contribution in [0.1, 0.15) is 10.4 Å². The number of thiazole rings is 1. The van der Waals surface area contributed by atoms with Crippen molar-refractivity contribution < 1.29 is 14.3 Å². The van der Waals surface area contributed by atoms with Gasteiger partial charge in [0, 0.05) is 49.8 Å². The molecule has 0 N–H and O–H groups in total. The highest BCUT2D eigenvalue weighted by Gasteiger charge is 2.18. The lowest BCUT2D eigenvalue weighted by molar-refractivity contribution is 0.0998. The van der Waals surface area contributed by atoms with Gasteiger partial charge in [-0.3, -0.25) is 4.79 Å². The van der Waals surface area contributed by atoms with Gasteiger partial charge in [0.25, 0.3) is 5.91 Å². The van der Waals surface area contributed by atoms with E-state index in [2.05, 4.69) is 15.8 Å². The van der Waals surface area contributed by atoms with Crippen molar-refractivity contribution >= 4 is 44.9 Å². The molecule has 0 atom stereocenters. The fourth-order valence-corrected chi connectivity index (χ4v) is 4.43. The average molecular weight is 416 g/mol. The normalized spacial score (nSPS) is 13.3. The second-order valence-electron chi connectivity index (χ2n) is 6.56. The quantitative estimate of drug-likeness (QED) is 0.637. The number of rotatable bonds is 5. The van der Waals surface area contributed by atoms with Crippen molar-refractivity contribution in [2.75, 3.05) is 37.8 Å². The summed E-state index contributed by atoms with van der Waals surface area (Å²) in [5.74, 6) is 2.16. The molecule has 0 saturated heterocycles. The number of hydrogen-bond acceptors (Lipinski definition) is 6. The van der Waals surface area contributed by atoms with Gasteiger partial charge in [-0.05, 0) is 30.5 Å². The Morgan fingerprint density at radius 2 is 1.93 bits per heavy atom. The van der Waals surface area contributed by atoms with Crippen molar-refractivity contribution in [3.05, 3.63) is 46.8 Å². The van der Waals surface area contributed by atoms with Crippen LogP contribution in [0.4, 0.5) is 5.69 Å². The molecule has 0 saturated carbocycles. The van der Waals surface area contributed by atoms with Gasteiger partial charge in [-0.2, -0.15) is 16.8 Å². The third kappa shape index (κ3) is 3.62. The summed E-state index contributed by atoms with van der Waals surface area (Å²) in [6.45, 7) is 1.02. The van der Waals surface area contributed by atoms with Gasteiger partial charge in [0.2, 0.25) is 6.79 Å². The highest BCUT2D eigenvalue weighted by molar-refractivity contribution is 7.98. The van der Waals surface area contributed by atoms with E-state index in [1.54, 1.807) is 11.8 Å².